The Bertz CT molecular complexity index is 367. The summed E-state index contributed by atoms with van der Waals surface area (Å²) in [4.78, 5) is 2.29. The Morgan fingerprint density at radius 3 is 2.69 bits per heavy atom. The fraction of sp³-hybridized carbons (Fsp3) is 0.833. The summed E-state index contributed by atoms with van der Waals surface area (Å²) < 4.78 is 2.32. The molecule has 90 valence electrons. The topological polar surface area (TPSA) is 34.0 Å². The van der Waals surface area contributed by atoms with E-state index in [1.807, 2.05) is 0 Å². The zero-order valence-electron chi connectivity index (χ0n) is 10.8. The zero-order valence-corrected chi connectivity index (χ0v) is 10.8. The van der Waals surface area contributed by atoms with Gasteiger partial charge in [0.2, 0.25) is 0 Å². The van der Waals surface area contributed by atoms with Crippen LogP contribution in [0.25, 0.3) is 0 Å². The molecule has 1 aliphatic rings. The van der Waals surface area contributed by atoms with Crippen molar-refractivity contribution in [1.82, 2.24) is 19.7 Å². The lowest BCUT2D eigenvalue weighted by molar-refractivity contribution is 0.256. The standard InChI is InChI=1S/C12H22N4/c1-5-6-12(2,3)11-14-13-10-9-15(4)7-8-16(10)11/h5-9H2,1-4H3. The van der Waals surface area contributed by atoms with Gasteiger partial charge in [-0.3, -0.25) is 4.90 Å². The van der Waals surface area contributed by atoms with Crippen molar-refractivity contribution < 1.29 is 0 Å². The summed E-state index contributed by atoms with van der Waals surface area (Å²) in [5, 5.41) is 8.74. The summed E-state index contributed by atoms with van der Waals surface area (Å²) in [5.74, 6) is 2.28. The molecule has 0 N–H and O–H groups in total. The second-order valence-corrected chi connectivity index (χ2v) is 5.46. The van der Waals surface area contributed by atoms with Gasteiger partial charge in [-0.2, -0.15) is 0 Å². The minimum Gasteiger partial charge on any atom is -0.312 e. The Labute approximate surface area is 97.7 Å². The number of likely N-dealkylation sites (N-methyl/N-ethyl adjacent to an activating group) is 1. The molecule has 2 heterocycles. The van der Waals surface area contributed by atoms with Gasteiger partial charge in [-0.25, -0.2) is 0 Å². The molecule has 0 amide bonds. The number of hydrogen-bond donors (Lipinski definition) is 0. The van der Waals surface area contributed by atoms with Crippen LogP contribution in [0.3, 0.4) is 0 Å². The molecule has 4 heteroatoms. The first-order valence-electron chi connectivity index (χ1n) is 6.15. The van der Waals surface area contributed by atoms with Crippen LogP contribution in [0.5, 0.6) is 0 Å². The lowest BCUT2D eigenvalue weighted by Gasteiger charge is -2.28. The van der Waals surface area contributed by atoms with Crippen molar-refractivity contribution in [2.45, 2.75) is 52.1 Å². The highest BCUT2D eigenvalue weighted by Crippen LogP contribution is 2.28. The van der Waals surface area contributed by atoms with Crippen LogP contribution in [0.15, 0.2) is 0 Å². The molecule has 0 aliphatic carbocycles. The maximum atomic E-state index is 4.41. The molecule has 0 radical (unpaired) electrons. The van der Waals surface area contributed by atoms with Crippen molar-refractivity contribution in [2.75, 3.05) is 13.6 Å². The van der Waals surface area contributed by atoms with Gasteiger partial charge in [0.15, 0.2) is 0 Å². The molecule has 1 aromatic rings. The van der Waals surface area contributed by atoms with Crippen LogP contribution in [0.4, 0.5) is 0 Å². The number of aromatic nitrogens is 3. The van der Waals surface area contributed by atoms with E-state index in [4.69, 9.17) is 0 Å². The number of rotatable bonds is 3. The quantitative estimate of drug-likeness (QED) is 0.782. The normalized spacial score (nSPS) is 17.5. The van der Waals surface area contributed by atoms with Crippen molar-refractivity contribution in [3.8, 4) is 0 Å². The largest absolute Gasteiger partial charge is 0.312 e. The smallest absolute Gasteiger partial charge is 0.147 e. The van der Waals surface area contributed by atoms with Crippen LogP contribution in [0.2, 0.25) is 0 Å². The molecular formula is C12H22N4. The fourth-order valence-electron chi connectivity index (χ4n) is 2.52. The van der Waals surface area contributed by atoms with E-state index in [0.29, 0.717) is 0 Å². The Kier molecular flexibility index (Phi) is 3.02. The maximum absolute atomic E-state index is 4.41. The molecule has 0 saturated heterocycles. The van der Waals surface area contributed by atoms with E-state index in [2.05, 4.69) is 47.5 Å². The molecule has 0 atom stereocenters. The monoisotopic (exact) mass is 222 g/mol. The molecule has 0 spiro atoms. The third kappa shape index (κ3) is 1.98. The molecule has 0 unspecified atom stereocenters. The van der Waals surface area contributed by atoms with Crippen molar-refractivity contribution in [1.29, 1.82) is 0 Å². The van der Waals surface area contributed by atoms with Gasteiger partial charge in [0.1, 0.15) is 11.6 Å². The second kappa shape index (κ2) is 4.17. The minimum atomic E-state index is 0.149. The molecule has 2 rings (SSSR count). The van der Waals surface area contributed by atoms with E-state index in [1.54, 1.807) is 0 Å². The van der Waals surface area contributed by atoms with Gasteiger partial charge >= 0.3 is 0 Å². The Morgan fingerprint density at radius 2 is 2.00 bits per heavy atom. The fourth-order valence-corrected chi connectivity index (χ4v) is 2.52. The summed E-state index contributed by atoms with van der Waals surface area (Å²) in [5.41, 5.74) is 0.149. The summed E-state index contributed by atoms with van der Waals surface area (Å²) in [6.45, 7) is 9.82. The molecule has 0 bridgehead atoms. The highest BCUT2D eigenvalue weighted by atomic mass is 15.3. The molecule has 1 aromatic heterocycles. The molecule has 0 saturated carbocycles. The maximum Gasteiger partial charge on any atom is 0.147 e. The van der Waals surface area contributed by atoms with E-state index in [9.17, 15) is 0 Å². The predicted octanol–water partition coefficient (Wildman–Crippen LogP) is 1.80. The van der Waals surface area contributed by atoms with Crippen LogP contribution < -0.4 is 0 Å². The van der Waals surface area contributed by atoms with Crippen molar-refractivity contribution in [2.24, 2.45) is 0 Å². The SMILES string of the molecule is CCCC(C)(C)c1nnc2n1CCN(C)C2. The average Bonchev–Trinajstić information content (AvgIpc) is 2.60. The van der Waals surface area contributed by atoms with E-state index in [1.165, 1.54) is 12.8 Å². The highest BCUT2D eigenvalue weighted by Gasteiger charge is 2.29. The molecule has 16 heavy (non-hydrogen) atoms. The van der Waals surface area contributed by atoms with Gasteiger partial charge in [-0.15, -0.1) is 10.2 Å². The Morgan fingerprint density at radius 1 is 1.25 bits per heavy atom. The zero-order chi connectivity index (χ0) is 11.8. The van der Waals surface area contributed by atoms with Gasteiger partial charge in [-0.05, 0) is 13.5 Å². The highest BCUT2D eigenvalue weighted by molar-refractivity contribution is 5.09. The second-order valence-electron chi connectivity index (χ2n) is 5.46. The first kappa shape index (κ1) is 11.6. The summed E-state index contributed by atoms with van der Waals surface area (Å²) in [7, 11) is 2.13. The predicted molar refractivity (Wildman–Crippen MR) is 64.3 cm³/mol. The van der Waals surface area contributed by atoms with Crippen molar-refractivity contribution >= 4 is 0 Å². The van der Waals surface area contributed by atoms with Gasteiger partial charge < -0.3 is 4.57 Å². The van der Waals surface area contributed by atoms with Gasteiger partial charge in [0.25, 0.3) is 0 Å². The first-order valence-corrected chi connectivity index (χ1v) is 6.15. The van der Waals surface area contributed by atoms with E-state index < -0.39 is 0 Å². The average molecular weight is 222 g/mol. The summed E-state index contributed by atoms with van der Waals surface area (Å²) >= 11 is 0. The third-order valence-electron chi connectivity index (χ3n) is 3.42. The lowest BCUT2D eigenvalue weighted by atomic mass is 9.87. The van der Waals surface area contributed by atoms with Crippen LogP contribution in [0, 0.1) is 0 Å². The van der Waals surface area contributed by atoms with Gasteiger partial charge in [0.05, 0.1) is 6.54 Å². The molecule has 0 fully saturated rings. The van der Waals surface area contributed by atoms with Crippen LogP contribution in [-0.4, -0.2) is 33.3 Å². The summed E-state index contributed by atoms with van der Waals surface area (Å²) in [6, 6.07) is 0. The molecule has 0 aromatic carbocycles. The Balaban J connectivity index is 2.30. The van der Waals surface area contributed by atoms with Crippen LogP contribution >= 0.6 is 0 Å². The van der Waals surface area contributed by atoms with Crippen LogP contribution in [-0.2, 0) is 18.5 Å². The lowest BCUT2D eigenvalue weighted by Crippen LogP contribution is -2.33. The third-order valence-corrected chi connectivity index (χ3v) is 3.42. The number of nitrogens with zero attached hydrogens (tertiary/aromatic N) is 4. The van der Waals surface area contributed by atoms with E-state index in [0.717, 1.165) is 31.3 Å². The first-order chi connectivity index (χ1) is 7.54. The molecule has 4 nitrogen and oxygen atoms in total. The van der Waals surface area contributed by atoms with Crippen molar-refractivity contribution in [3.63, 3.8) is 0 Å². The number of fused-ring (bicyclic) bond motifs is 1. The van der Waals surface area contributed by atoms with Gasteiger partial charge in [0, 0.05) is 18.5 Å². The van der Waals surface area contributed by atoms with Crippen molar-refractivity contribution in [3.05, 3.63) is 11.6 Å². The van der Waals surface area contributed by atoms with Crippen LogP contribution in [0.1, 0.15) is 45.3 Å². The number of hydrogen-bond acceptors (Lipinski definition) is 3. The molecule has 1 aliphatic heterocycles. The van der Waals surface area contributed by atoms with Gasteiger partial charge in [-0.1, -0.05) is 27.2 Å². The molecular weight excluding hydrogens is 200 g/mol. The Hall–Kier alpha value is -0.900. The van der Waals surface area contributed by atoms with E-state index in [-0.39, 0.29) is 5.41 Å². The minimum absolute atomic E-state index is 0.149. The van der Waals surface area contributed by atoms with E-state index >= 15 is 0 Å². The summed E-state index contributed by atoms with van der Waals surface area (Å²) in [6.07, 6.45) is 2.36.